The number of benzene rings is 1. The van der Waals surface area contributed by atoms with Crippen molar-refractivity contribution in [3.8, 4) is 0 Å². The molecule has 1 aliphatic rings. The molecule has 2 rings (SSSR count). The molecule has 1 aromatic carbocycles. The Labute approximate surface area is 131 Å². The van der Waals surface area contributed by atoms with Gasteiger partial charge in [0.2, 0.25) is 0 Å². The van der Waals surface area contributed by atoms with E-state index in [-0.39, 0.29) is 12.1 Å². The van der Waals surface area contributed by atoms with E-state index in [9.17, 15) is 4.79 Å². The fraction of sp³-hybridized carbons (Fsp3) is 0.562. The number of carbonyl (C=O) groups excluding carboxylic acids is 1. The summed E-state index contributed by atoms with van der Waals surface area (Å²) in [6.07, 6.45) is 2.42. The van der Waals surface area contributed by atoms with Gasteiger partial charge in [-0.15, -0.1) is 0 Å². The minimum atomic E-state index is -0.109. The third-order valence-corrected chi connectivity index (χ3v) is 5.02. The Kier molecular flexibility index (Phi) is 6.39. The summed E-state index contributed by atoms with van der Waals surface area (Å²) in [5, 5.41) is 9.11. The van der Waals surface area contributed by atoms with Gasteiger partial charge in [-0.3, -0.25) is 0 Å². The Morgan fingerprint density at radius 3 is 2.86 bits per heavy atom. The highest BCUT2D eigenvalue weighted by atomic mass is 32.2. The lowest BCUT2D eigenvalue weighted by molar-refractivity contribution is 0.249. The first-order valence-electron chi connectivity index (χ1n) is 7.59. The predicted octanol–water partition coefficient (Wildman–Crippen LogP) is 3.23. The van der Waals surface area contributed by atoms with Crippen molar-refractivity contribution in [1.29, 1.82) is 0 Å². The first-order chi connectivity index (χ1) is 10.2. The molecule has 1 aromatic rings. The number of amides is 2. The van der Waals surface area contributed by atoms with Crippen LogP contribution in [0.2, 0.25) is 0 Å². The van der Waals surface area contributed by atoms with E-state index >= 15 is 0 Å². The molecule has 116 valence electrons. The van der Waals surface area contributed by atoms with Crippen LogP contribution in [-0.4, -0.2) is 31.1 Å². The van der Waals surface area contributed by atoms with Crippen molar-refractivity contribution in [2.45, 2.75) is 25.8 Å². The van der Waals surface area contributed by atoms with Gasteiger partial charge >= 0.3 is 6.03 Å². The van der Waals surface area contributed by atoms with Gasteiger partial charge in [0.15, 0.2) is 0 Å². The van der Waals surface area contributed by atoms with E-state index in [1.54, 1.807) is 0 Å². The number of hydrogen-bond donors (Lipinski definition) is 3. The molecular weight excluding hydrogens is 282 g/mol. The Bertz CT molecular complexity index is 461. The number of anilines is 1. The lowest BCUT2D eigenvalue weighted by Crippen LogP contribution is -2.34. The molecule has 21 heavy (non-hydrogen) atoms. The zero-order valence-electron chi connectivity index (χ0n) is 12.8. The highest BCUT2D eigenvalue weighted by molar-refractivity contribution is 7.99. The number of carbonyl (C=O) groups is 1. The molecule has 1 saturated heterocycles. The standard InChI is InChI=1S/C16H25N3OS/c1-12(17-2)14-4-3-5-15(10-14)19-16(20)18-11-13-6-8-21-9-7-13/h3-5,10,12-13,17H,6-9,11H2,1-2H3,(H2,18,19,20). The SMILES string of the molecule is CNC(C)c1cccc(NC(=O)NCC2CCSCC2)c1. The molecule has 0 radical (unpaired) electrons. The van der Waals surface area contributed by atoms with Gasteiger partial charge in [-0.25, -0.2) is 4.79 Å². The average molecular weight is 307 g/mol. The van der Waals surface area contributed by atoms with E-state index in [4.69, 9.17) is 0 Å². The molecule has 4 nitrogen and oxygen atoms in total. The molecule has 1 unspecified atom stereocenters. The van der Waals surface area contributed by atoms with Gasteiger partial charge in [0.05, 0.1) is 0 Å². The maximum atomic E-state index is 12.0. The minimum absolute atomic E-state index is 0.109. The van der Waals surface area contributed by atoms with Crippen molar-refractivity contribution < 1.29 is 4.79 Å². The van der Waals surface area contributed by atoms with Crippen LogP contribution in [0.1, 0.15) is 31.4 Å². The highest BCUT2D eigenvalue weighted by Crippen LogP contribution is 2.22. The minimum Gasteiger partial charge on any atom is -0.338 e. The van der Waals surface area contributed by atoms with Crippen molar-refractivity contribution in [2.75, 3.05) is 30.4 Å². The first-order valence-corrected chi connectivity index (χ1v) is 8.74. The summed E-state index contributed by atoms with van der Waals surface area (Å²) in [6, 6.07) is 8.12. The van der Waals surface area contributed by atoms with Crippen molar-refractivity contribution in [1.82, 2.24) is 10.6 Å². The molecule has 0 aliphatic carbocycles. The van der Waals surface area contributed by atoms with Crippen LogP contribution in [-0.2, 0) is 0 Å². The largest absolute Gasteiger partial charge is 0.338 e. The second-order valence-corrected chi connectivity index (χ2v) is 6.75. The van der Waals surface area contributed by atoms with Gasteiger partial charge in [-0.05, 0) is 61.9 Å². The average Bonchev–Trinajstić information content (AvgIpc) is 2.53. The summed E-state index contributed by atoms with van der Waals surface area (Å²) in [5.74, 6) is 3.07. The van der Waals surface area contributed by atoms with Crippen LogP contribution >= 0.6 is 11.8 Å². The Balaban J connectivity index is 1.81. The molecular formula is C16H25N3OS. The first kappa shape index (κ1) is 16.2. The quantitative estimate of drug-likeness (QED) is 0.783. The second kappa shape index (κ2) is 8.29. The summed E-state index contributed by atoms with van der Waals surface area (Å²) in [4.78, 5) is 12.0. The molecule has 3 N–H and O–H groups in total. The third kappa shape index (κ3) is 5.25. The number of urea groups is 1. The van der Waals surface area contributed by atoms with Crippen LogP contribution in [0.5, 0.6) is 0 Å². The molecule has 2 amide bonds. The molecule has 1 aliphatic heterocycles. The summed E-state index contributed by atoms with van der Waals surface area (Å²) >= 11 is 2.01. The van der Waals surface area contributed by atoms with Crippen LogP contribution in [0.4, 0.5) is 10.5 Å². The molecule has 5 heteroatoms. The van der Waals surface area contributed by atoms with Crippen molar-refractivity contribution >= 4 is 23.5 Å². The summed E-state index contributed by atoms with van der Waals surface area (Å²) in [5.41, 5.74) is 2.01. The summed E-state index contributed by atoms with van der Waals surface area (Å²) < 4.78 is 0. The fourth-order valence-electron chi connectivity index (χ4n) is 2.42. The van der Waals surface area contributed by atoms with E-state index < -0.39 is 0 Å². The third-order valence-electron chi connectivity index (χ3n) is 3.97. The van der Waals surface area contributed by atoms with Crippen molar-refractivity contribution in [3.63, 3.8) is 0 Å². The topological polar surface area (TPSA) is 53.2 Å². The van der Waals surface area contributed by atoms with Gasteiger partial charge in [0.1, 0.15) is 0 Å². The van der Waals surface area contributed by atoms with Crippen LogP contribution < -0.4 is 16.0 Å². The van der Waals surface area contributed by atoms with E-state index in [2.05, 4.69) is 28.9 Å². The molecule has 0 saturated carbocycles. The van der Waals surface area contributed by atoms with E-state index in [1.165, 1.54) is 29.9 Å². The lowest BCUT2D eigenvalue weighted by atomic mass is 10.0. The Morgan fingerprint density at radius 2 is 2.14 bits per heavy atom. The van der Waals surface area contributed by atoms with Gasteiger partial charge < -0.3 is 16.0 Å². The molecule has 0 aromatic heterocycles. The molecule has 1 fully saturated rings. The Morgan fingerprint density at radius 1 is 1.38 bits per heavy atom. The van der Waals surface area contributed by atoms with E-state index in [0.717, 1.165) is 12.2 Å². The zero-order chi connectivity index (χ0) is 15.1. The normalized spacial score (nSPS) is 17.2. The van der Waals surface area contributed by atoms with Crippen LogP contribution in [0.15, 0.2) is 24.3 Å². The fourth-order valence-corrected chi connectivity index (χ4v) is 3.62. The number of hydrogen-bond acceptors (Lipinski definition) is 3. The maximum Gasteiger partial charge on any atom is 0.319 e. The molecule has 0 bridgehead atoms. The van der Waals surface area contributed by atoms with E-state index in [0.29, 0.717) is 5.92 Å². The monoisotopic (exact) mass is 307 g/mol. The molecule has 0 spiro atoms. The van der Waals surface area contributed by atoms with E-state index in [1.807, 2.05) is 37.0 Å². The van der Waals surface area contributed by atoms with Crippen LogP contribution in [0, 0.1) is 5.92 Å². The Hall–Kier alpha value is -1.20. The summed E-state index contributed by atoms with van der Waals surface area (Å²) in [6.45, 7) is 2.87. The molecule has 1 atom stereocenters. The van der Waals surface area contributed by atoms with Gasteiger partial charge in [0, 0.05) is 18.3 Å². The predicted molar refractivity (Wildman–Crippen MR) is 91.0 cm³/mol. The molecule has 1 heterocycles. The van der Waals surface area contributed by atoms with Crippen molar-refractivity contribution in [2.24, 2.45) is 5.92 Å². The maximum absolute atomic E-state index is 12.0. The van der Waals surface area contributed by atoms with Gasteiger partial charge in [0.25, 0.3) is 0 Å². The number of rotatable bonds is 5. The van der Waals surface area contributed by atoms with Crippen LogP contribution in [0.3, 0.4) is 0 Å². The summed E-state index contributed by atoms with van der Waals surface area (Å²) in [7, 11) is 1.93. The lowest BCUT2D eigenvalue weighted by Gasteiger charge is -2.21. The second-order valence-electron chi connectivity index (χ2n) is 5.53. The number of thioether (sulfide) groups is 1. The number of nitrogens with one attached hydrogen (secondary N) is 3. The van der Waals surface area contributed by atoms with Crippen molar-refractivity contribution in [3.05, 3.63) is 29.8 Å². The highest BCUT2D eigenvalue weighted by Gasteiger charge is 2.14. The van der Waals surface area contributed by atoms with Crippen LogP contribution in [0.25, 0.3) is 0 Å². The van der Waals surface area contributed by atoms with Gasteiger partial charge in [-0.1, -0.05) is 12.1 Å². The zero-order valence-corrected chi connectivity index (χ0v) is 13.6. The van der Waals surface area contributed by atoms with Gasteiger partial charge in [-0.2, -0.15) is 11.8 Å². The smallest absolute Gasteiger partial charge is 0.319 e.